The molecule has 0 aliphatic heterocycles. The minimum Gasteiger partial charge on any atom is -0.456 e. The monoisotopic (exact) mass is 211 g/mol. The third kappa shape index (κ3) is 3.09. The lowest BCUT2D eigenvalue weighted by molar-refractivity contribution is 0.0895. The van der Waals surface area contributed by atoms with Gasteiger partial charge in [-0.1, -0.05) is 6.92 Å². The van der Waals surface area contributed by atoms with Gasteiger partial charge in [0.05, 0.1) is 6.10 Å². The van der Waals surface area contributed by atoms with Crippen molar-refractivity contribution in [1.82, 2.24) is 5.32 Å². The van der Waals surface area contributed by atoms with Gasteiger partial charge in [-0.05, 0) is 25.5 Å². The van der Waals surface area contributed by atoms with E-state index in [1.807, 2.05) is 13.8 Å². The SMILES string of the molecule is CCc1oc(C(=O)NCC(C)O)cc1C. The van der Waals surface area contributed by atoms with Gasteiger partial charge in [0.2, 0.25) is 0 Å². The molecule has 1 rings (SSSR count). The molecular weight excluding hydrogens is 194 g/mol. The average Bonchev–Trinajstić information content (AvgIpc) is 2.56. The molecule has 0 fully saturated rings. The highest BCUT2D eigenvalue weighted by atomic mass is 16.4. The molecule has 1 heterocycles. The van der Waals surface area contributed by atoms with Gasteiger partial charge < -0.3 is 14.8 Å². The zero-order chi connectivity index (χ0) is 11.4. The van der Waals surface area contributed by atoms with Crippen molar-refractivity contribution in [2.24, 2.45) is 0 Å². The molecule has 0 saturated carbocycles. The number of hydrogen-bond donors (Lipinski definition) is 2. The smallest absolute Gasteiger partial charge is 0.287 e. The lowest BCUT2D eigenvalue weighted by atomic mass is 10.2. The number of furan rings is 1. The molecule has 0 saturated heterocycles. The molecule has 1 aromatic rings. The van der Waals surface area contributed by atoms with Crippen LogP contribution in [-0.4, -0.2) is 23.7 Å². The minimum atomic E-state index is -0.546. The van der Waals surface area contributed by atoms with Gasteiger partial charge in [-0.2, -0.15) is 0 Å². The van der Waals surface area contributed by atoms with Crippen LogP contribution in [0.3, 0.4) is 0 Å². The van der Waals surface area contributed by atoms with Gasteiger partial charge in [-0.3, -0.25) is 4.79 Å². The summed E-state index contributed by atoms with van der Waals surface area (Å²) in [6.45, 7) is 5.74. The summed E-state index contributed by atoms with van der Waals surface area (Å²) in [5, 5.41) is 11.6. The second-order valence-electron chi connectivity index (χ2n) is 3.63. The quantitative estimate of drug-likeness (QED) is 0.788. The molecule has 4 nitrogen and oxygen atoms in total. The van der Waals surface area contributed by atoms with Crippen LogP contribution in [-0.2, 0) is 6.42 Å². The van der Waals surface area contributed by atoms with Crippen LogP contribution in [0.25, 0.3) is 0 Å². The van der Waals surface area contributed by atoms with Crippen LogP contribution >= 0.6 is 0 Å². The van der Waals surface area contributed by atoms with E-state index >= 15 is 0 Å². The standard InChI is InChI=1S/C11H17NO3/c1-4-9-7(2)5-10(15-9)11(14)12-6-8(3)13/h5,8,13H,4,6H2,1-3H3,(H,12,14). The van der Waals surface area contributed by atoms with Crippen molar-refractivity contribution in [3.05, 3.63) is 23.2 Å². The summed E-state index contributed by atoms with van der Waals surface area (Å²) >= 11 is 0. The first kappa shape index (κ1) is 11.8. The Morgan fingerprint density at radius 3 is 2.80 bits per heavy atom. The van der Waals surface area contributed by atoms with Crippen LogP contribution in [0.1, 0.15) is 35.7 Å². The van der Waals surface area contributed by atoms with Crippen molar-refractivity contribution >= 4 is 5.91 Å². The van der Waals surface area contributed by atoms with E-state index in [2.05, 4.69) is 5.32 Å². The molecule has 1 unspecified atom stereocenters. The molecule has 0 spiro atoms. The highest BCUT2D eigenvalue weighted by Crippen LogP contribution is 2.14. The number of hydrogen-bond acceptors (Lipinski definition) is 3. The summed E-state index contributed by atoms with van der Waals surface area (Å²) in [6, 6.07) is 1.72. The predicted molar refractivity (Wildman–Crippen MR) is 56.8 cm³/mol. The van der Waals surface area contributed by atoms with E-state index in [9.17, 15) is 4.79 Å². The Hall–Kier alpha value is -1.29. The number of amides is 1. The number of nitrogens with one attached hydrogen (secondary N) is 1. The summed E-state index contributed by atoms with van der Waals surface area (Å²) in [5.41, 5.74) is 0.986. The maximum Gasteiger partial charge on any atom is 0.287 e. The molecule has 0 radical (unpaired) electrons. The first-order chi connectivity index (χ1) is 7.04. The van der Waals surface area contributed by atoms with E-state index in [1.54, 1.807) is 13.0 Å². The molecule has 0 bridgehead atoms. The Balaban J connectivity index is 2.66. The topological polar surface area (TPSA) is 62.5 Å². The second-order valence-corrected chi connectivity index (χ2v) is 3.63. The normalized spacial score (nSPS) is 12.5. The molecule has 1 amide bonds. The molecule has 2 N–H and O–H groups in total. The Morgan fingerprint density at radius 1 is 1.67 bits per heavy atom. The summed E-state index contributed by atoms with van der Waals surface area (Å²) in [6.07, 6.45) is 0.228. The van der Waals surface area contributed by atoms with Crippen LogP contribution in [0.4, 0.5) is 0 Å². The van der Waals surface area contributed by atoms with Crippen molar-refractivity contribution in [3.63, 3.8) is 0 Å². The van der Waals surface area contributed by atoms with Crippen molar-refractivity contribution in [3.8, 4) is 0 Å². The Labute approximate surface area is 89.3 Å². The van der Waals surface area contributed by atoms with E-state index in [0.717, 1.165) is 17.7 Å². The maximum absolute atomic E-state index is 11.5. The molecule has 84 valence electrons. The van der Waals surface area contributed by atoms with Crippen molar-refractivity contribution < 1.29 is 14.3 Å². The number of aliphatic hydroxyl groups excluding tert-OH is 1. The van der Waals surface area contributed by atoms with Crippen LogP contribution in [0.2, 0.25) is 0 Å². The summed E-state index contributed by atoms with van der Waals surface area (Å²) in [4.78, 5) is 11.5. The highest BCUT2D eigenvalue weighted by molar-refractivity contribution is 5.91. The van der Waals surface area contributed by atoms with Crippen molar-refractivity contribution in [2.75, 3.05) is 6.54 Å². The van der Waals surface area contributed by atoms with E-state index in [4.69, 9.17) is 9.52 Å². The fourth-order valence-corrected chi connectivity index (χ4v) is 1.31. The third-order valence-corrected chi connectivity index (χ3v) is 2.12. The van der Waals surface area contributed by atoms with E-state index in [0.29, 0.717) is 5.76 Å². The van der Waals surface area contributed by atoms with Crippen LogP contribution in [0, 0.1) is 6.92 Å². The molecule has 0 aliphatic rings. The molecule has 1 atom stereocenters. The summed E-state index contributed by atoms with van der Waals surface area (Å²) in [7, 11) is 0. The zero-order valence-corrected chi connectivity index (χ0v) is 9.33. The summed E-state index contributed by atoms with van der Waals surface area (Å²) in [5.74, 6) is 0.862. The number of rotatable bonds is 4. The van der Waals surface area contributed by atoms with Crippen molar-refractivity contribution in [1.29, 1.82) is 0 Å². The van der Waals surface area contributed by atoms with Crippen LogP contribution < -0.4 is 5.32 Å². The molecule has 15 heavy (non-hydrogen) atoms. The van der Waals surface area contributed by atoms with Gasteiger partial charge in [-0.15, -0.1) is 0 Å². The number of carbonyl (C=O) groups is 1. The summed E-state index contributed by atoms with van der Waals surface area (Å²) < 4.78 is 5.36. The average molecular weight is 211 g/mol. The van der Waals surface area contributed by atoms with Crippen molar-refractivity contribution in [2.45, 2.75) is 33.3 Å². The molecule has 0 aromatic carbocycles. The fraction of sp³-hybridized carbons (Fsp3) is 0.545. The largest absolute Gasteiger partial charge is 0.456 e. The van der Waals surface area contributed by atoms with Gasteiger partial charge in [0.1, 0.15) is 5.76 Å². The predicted octanol–water partition coefficient (Wildman–Crippen LogP) is 1.26. The minimum absolute atomic E-state index is 0.236. The molecule has 4 heteroatoms. The van der Waals surface area contributed by atoms with Gasteiger partial charge in [0.15, 0.2) is 5.76 Å². The molecule has 0 aliphatic carbocycles. The maximum atomic E-state index is 11.5. The Kier molecular flexibility index (Phi) is 3.91. The van der Waals surface area contributed by atoms with E-state index < -0.39 is 6.10 Å². The van der Waals surface area contributed by atoms with Gasteiger partial charge in [0.25, 0.3) is 5.91 Å². The lowest BCUT2D eigenvalue weighted by Crippen LogP contribution is -2.30. The molecule has 1 aromatic heterocycles. The number of aryl methyl sites for hydroxylation is 2. The number of aliphatic hydroxyl groups is 1. The first-order valence-corrected chi connectivity index (χ1v) is 5.10. The highest BCUT2D eigenvalue weighted by Gasteiger charge is 2.13. The lowest BCUT2D eigenvalue weighted by Gasteiger charge is -2.04. The van der Waals surface area contributed by atoms with Gasteiger partial charge in [-0.25, -0.2) is 0 Å². The van der Waals surface area contributed by atoms with Gasteiger partial charge >= 0.3 is 0 Å². The third-order valence-electron chi connectivity index (χ3n) is 2.12. The van der Waals surface area contributed by atoms with E-state index in [-0.39, 0.29) is 12.5 Å². The van der Waals surface area contributed by atoms with Crippen LogP contribution in [0.15, 0.2) is 10.5 Å². The van der Waals surface area contributed by atoms with E-state index in [1.165, 1.54) is 0 Å². The zero-order valence-electron chi connectivity index (χ0n) is 9.33. The number of carbonyl (C=O) groups excluding carboxylic acids is 1. The van der Waals surface area contributed by atoms with Gasteiger partial charge in [0, 0.05) is 13.0 Å². The Morgan fingerprint density at radius 2 is 2.33 bits per heavy atom. The first-order valence-electron chi connectivity index (χ1n) is 5.10. The molecular formula is C11H17NO3. The van der Waals surface area contributed by atoms with Crippen LogP contribution in [0.5, 0.6) is 0 Å². The second kappa shape index (κ2) is 4.98. The fourth-order valence-electron chi connectivity index (χ4n) is 1.31. The Bertz CT molecular complexity index is 342.